The van der Waals surface area contributed by atoms with Crippen LogP contribution >= 0.6 is 0 Å². The molecule has 0 aliphatic carbocycles. The molecule has 6 nitrogen and oxygen atoms in total. The molecule has 23 heavy (non-hydrogen) atoms. The fraction of sp³-hybridized carbons (Fsp3) is 0.214. The van der Waals surface area contributed by atoms with Crippen LogP contribution in [0.5, 0.6) is 11.5 Å². The van der Waals surface area contributed by atoms with E-state index in [1.54, 1.807) is 0 Å². The minimum absolute atomic E-state index is 0.0661. The summed E-state index contributed by atoms with van der Waals surface area (Å²) in [6.45, 7) is 0. The zero-order valence-corrected chi connectivity index (χ0v) is 12.2. The monoisotopic (exact) mass is 327 g/mol. The van der Waals surface area contributed by atoms with E-state index in [4.69, 9.17) is 9.47 Å². The Hall–Kier alpha value is -2.84. The first-order chi connectivity index (χ1) is 10.9. The number of anilines is 1. The van der Waals surface area contributed by atoms with Crippen molar-refractivity contribution in [3.63, 3.8) is 0 Å². The topological polar surface area (TPSA) is 64.5 Å². The van der Waals surface area contributed by atoms with Gasteiger partial charge in [-0.2, -0.15) is 0 Å². The number of hydrogen-bond donors (Lipinski definition) is 0. The Bertz CT molecular complexity index is 693. The normalized spacial score (nSPS) is 11.0. The van der Waals surface area contributed by atoms with Gasteiger partial charge < -0.3 is 9.47 Å². The lowest BCUT2D eigenvalue weighted by molar-refractivity contribution is -0.122. The first-order valence-electron chi connectivity index (χ1n) is 6.26. The fourth-order valence-electron chi connectivity index (χ4n) is 1.88. The summed E-state index contributed by atoms with van der Waals surface area (Å²) < 4.78 is 50.0. The number of alkyl halides is 3. The molecule has 0 aliphatic heterocycles. The Morgan fingerprint density at radius 1 is 1.09 bits per heavy atom. The van der Waals surface area contributed by atoms with E-state index in [2.05, 4.69) is 9.97 Å². The summed E-state index contributed by atoms with van der Waals surface area (Å²) in [6.07, 6.45) is -1.80. The Morgan fingerprint density at radius 3 is 2.22 bits per heavy atom. The van der Waals surface area contributed by atoms with E-state index in [1.165, 1.54) is 20.3 Å². The SMILES string of the molecule is COc1ccc(N(C(=O)c2cncnc2)C(F)(F)F)cc1OC. The molecule has 0 saturated carbocycles. The van der Waals surface area contributed by atoms with Crippen LogP contribution in [-0.4, -0.2) is 36.4 Å². The molecule has 1 aromatic heterocycles. The molecule has 0 saturated heterocycles. The van der Waals surface area contributed by atoms with Gasteiger partial charge in [0.2, 0.25) is 0 Å². The molecular weight excluding hydrogens is 315 g/mol. The zero-order valence-electron chi connectivity index (χ0n) is 12.2. The van der Waals surface area contributed by atoms with Crippen molar-refractivity contribution in [3.05, 3.63) is 42.5 Å². The molecule has 0 N–H and O–H groups in total. The lowest BCUT2D eigenvalue weighted by atomic mass is 10.2. The van der Waals surface area contributed by atoms with Gasteiger partial charge >= 0.3 is 6.30 Å². The second kappa shape index (κ2) is 6.51. The number of ether oxygens (including phenoxy) is 2. The number of carbonyl (C=O) groups excluding carboxylic acids is 1. The van der Waals surface area contributed by atoms with Gasteiger partial charge in [-0.25, -0.2) is 14.9 Å². The van der Waals surface area contributed by atoms with Gasteiger partial charge in [0.05, 0.1) is 25.5 Å². The highest BCUT2D eigenvalue weighted by Gasteiger charge is 2.43. The van der Waals surface area contributed by atoms with Gasteiger partial charge in [0, 0.05) is 18.5 Å². The van der Waals surface area contributed by atoms with Crippen molar-refractivity contribution in [2.75, 3.05) is 19.1 Å². The van der Waals surface area contributed by atoms with Gasteiger partial charge in [-0.15, -0.1) is 13.2 Å². The van der Waals surface area contributed by atoms with Crippen LogP contribution in [0.2, 0.25) is 0 Å². The Balaban J connectivity index is 2.50. The average molecular weight is 327 g/mol. The molecule has 0 spiro atoms. The van der Waals surface area contributed by atoms with Crippen LogP contribution in [0.25, 0.3) is 0 Å². The summed E-state index contributed by atoms with van der Waals surface area (Å²) >= 11 is 0. The average Bonchev–Trinajstić information content (AvgIpc) is 2.54. The van der Waals surface area contributed by atoms with Crippen molar-refractivity contribution in [3.8, 4) is 11.5 Å². The van der Waals surface area contributed by atoms with Crippen molar-refractivity contribution >= 4 is 11.6 Å². The van der Waals surface area contributed by atoms with Gasteiger partial charge in [-0.1, -0.05) is 0 Å². The Kier molecular flexibility index (Phi) is 4.68. The molecule has 1 heterocycles. The summed E-state index contributed by atoms with van der Waals surface area (Å²) in [5, 5.41) is 0. The minimum atomic E-state index is -4.94. The lowest BCUT2D eigenvalue weighted by Gasteiger charge is -2.25. The van der Waals surface area contributed by atoms with E-state index in [0.29, 0.717) is 0 Å². The number of carbonyl (C=O) groups is 1. The molecular formula is C14H12F3N3O3. The lowest BCUT2D eigenvalue weighted by Crippen LogP contribution is -2.43. The maximum Gasteiger partial charge on any atom is 0.491 e. The van der Waals surface area contributed by atoms with Crippen LogP contribution < -0.4 is 14.4 Å². The van der Waals surface area contributed by atoms with Gasteiger partial charge in [0.15, 0.2) is 11.5 Å². The van der Waals surface area contributed by atoms with Crippen LogP contribution in [0.15, 0.2) is 36.9 Å². The highest BCUT2D eigenvalue weighted by molar-refractivity contribution is 6.06. The third kappa shape index (κ3) is 3.50. The van der Waals surface area contributed by atoms with E-state index in [9.17, 15) is 18.0 Å². The molecule has 0 fully saturated rings. The smallest absolute Gasteiger partial charge is 0.491 e. The number of halogens is 3. The molecule has 2 rings (SSSR count). The van der Waals surface area contributed by atoms with Crippen molar-refractivity contribution in [2.24, 2.45) is 0 Å². The number of methoxy groups -OCH3 is 2. The maximum absolute atomic E-state index is 13.4. The van der Waals surface area contributed by atoms with Crippen LogP contribution in [0.1, 0.15) is 10.4 Å². The molecule has 0 atom stereocenters. The number of nitrogens with zero attached hydrogens (tertiary/aromatic N) is 3. The molecule has 1 aromatic carbocycles. The molecule has 0 radical (unpaired) electrons. The molecule has 0 aliphatic rings. The van der Waals surface area contributed by atoms with Gasteiger partial charge in [0.1, 0.15) is 6.33 Å². The number of hydrogen-bond acceptors (Lipinski definition) is 5. The second-order valence-corrected chi connectivity index (χ2v) is 4.27. The van der Waals surface area contributed by atoms with Crippen LogP contribution in [0.3, 0.4) is 0 Å². The molecule has 1 amide bonds. The summed E-state index contributed by atoms with van der Waals surface area (Å²) in [7, 11) is 2.64. The third-order valence-electron chi connectivity index (χ3n) is 2.89. The van der Waals surface area contributed by atoms with Crippen molar-refractivity contribution < 1.29 is 27.4 Å². The van der Waals surface area contributed by atoms with Crippen molar-refractivity contribution in [2.45, 2.75) is 6.30 Å². The van der Waals surface area contributed by atoms with Gasteiger partial charge in [-0.05, 0) is 12.1 Å². The molecule has 0 unspecified atom stereocenters. The molecule has 0 bridgehead atoms. The molecule has 122 valence electrons. The van der Waals surface area contributed by atoms with Gasteiger partial charge in [-0.3, -0.25) is 4.79 Å². The summed E-state index contributed by atoms with van der Waals surface area (Å²) in [5.41, 5.74) is -0.705. The largest absolute Gasteiger partial charge is 0.493 e. The van der Waals surface area contributed by atoms with Crippen LogP contribution in [0.4, 0.5) is 18.9 Å². The highest BCUT2D eigenvalue weighted by atomic mass is 19.4. The summed E-state index contributed by atoms with van der Waals surface area (Å²) in [5.74, 6) is -0.990. The molecule has 9 heteroatoms. The van der Waals surface area contributed by atoms with Crippen molar-refractivity contribution in [1.82, 2.24) is 9.97 Å². The van der Waals surface area contributed by atoms with E-state index in [1.807, 2.05) is 0 Å². The minimum Gasteiger partial charge on any atom is -0.493 e. The van der Waals surface area contributed by atoms with Crippen molar-refractivity contribution in [1.29, 1.82) is 0 Å². The third-order valence-corrected chi connectivity index (χ3v) is 2.89. The van der Waals surface area contributed by atoms with E-state index in [0.717, 1.165) is 30.9 Å². The first kappa shape index (κ1) is 16.5. The summed E-state index contributed by atoms with van der Waals surface area (Å²) in [6, 6.07) is 3.45. The van der Waals surface area contributed by atoms with Crippen LogP contribution in [0, 0.1) is 0 Å². The second-order valence-electron chi connectivity index (χ2n) is 4.27. The Labute approximate surface area is 129 Å². The number of amides is 1. The van der Waals surface area contributed by atoms with E-state index >= 15 is 0 Å². The first-order valence-corrected chi connectivity index (χ1v) is 6.26. The zero-order chi connectivity index (χ0) is 17.0. The number of rotatable bonds is 4. The number of aromatic nitrogens is 2. The highest BCUT2D eigenvalue weighted by Crippen LogP contribution is 2.36. The quantitative estimate of drug-likeness (QED) is 0.808. The number of benzene rings is 1. The Morgan fingerprint density at radius 2 is 1.70 bits per heavy atom. The summed E-state index contributed by atoms with van der Waals surface area (Å²) in [4.78, 5) is 19.0. The predicted molar refractivity (Wildman–Crippen MR) is 74.4 cm³/mol. The fourth-order valence-corrected chi connectivity index (χ4v) is 1.88. The van der Waals surface area contributed by atoms with Crippen LogP contribution in [-0.2, 0) is 0 Å². The van der Waals surface area contributed by atoms with Gasteiger partial charge in [0.25, 0.3) is 5.91 Å². The predicted octanol–water partition coefficient (Wildman–Crippen LogP) is 2.66. The maximum atomic E-state index is 13.4. The van der Waals surface area contributed by atoms with E-state index < -0.39 is 17.9 Å². The van der Waals surface area contributed by atoms with E-state index in [-0.39, 0.29) is 22.0 Å². The standard InChI is InChI=1S/C14H12F3N3O3/c1-22-11-4-3-10(5-12(11)23-2)20(14(15,16)17)13(21)9-6-18-8-19-7-9/h3-8H,1-2H3. The molecule has 2 aromatic rings.